The molecule has 9 heteroatoms. The molecule has 37 heavy (non-hydrogen) atoms. The van der Waals surface area contributed by atoms with Crippen molar-refractivity contribution >= 4 is 33.0 Å². The molecule has 3 aromatic carbocycles. The molecule has 8 nitrogen and oxygen atoms in total. The SMILES string of the molecule is COc1cccc(C=Nn2c(C(C)(C)C)nc3ccc(Br)cc3c2=O)c1OCc1ccc2c(c1)OCO2. The number of hydrogen-bond acceptors (Lipinski definition) is 7. The summed E-state index contributed by atoms with van der Waals surface area (Å²) in [5.74, 6) is 3.01. The van der Waals surface area contributed by atoms with Crippen molar-refractivity contribution in [1.29, 1.82) is 0 Å². The molecule has 0 amide bonds. The van der Waals surface area contributed by atoms with Crippen molar-refractivity contribution < 1.29 is 18.9 Å². The van der Waals surface area contributed by atoms with Gasteiger partial charge >= 0.3 is 0 Å². The fourth-order valence-electron chi connectivity index (χ4n) is 4.00. The van der Waals surface area contributed by atoms with E-state index in [4.69, 9.17) is 23.9 Å². The molecule has 1 aliphatic heterocycles. The van der Waals surface area contributed by atoms with Crippen molar-refractivity contribution in [2.75, 3.05) is 13.9 Å². The molecule has 1 aliphatic rings. The second kappa shape index (κ2) is 9.89. The van der Waals surface area contributed by atoms with Gasteiger partial charge < -0.3 is 18.9 Å². The molecule has 2 heterocycles. The lowest BCUT2D eigenvalue weighted by atomic mass is 9.95. The molecule has 0 aliphatic carbocycles. The van der Waals surface area contributed by atoms with Gasteiger partial charge in [0.15, 0.2) is 23.0 Å². The highest BCUT2D eigenvalue weighted by atomic mass is 79.9. The molecule has 4 aromatic rings. The van der Waals surface area contributed by atoms with Crippen LogP contribution in [0.1, 0.15) is 37.7 Å². The number of para-hydroxylation sites is 1. The monoisotopic (exact) mass is 563 g/mol. The lowest BCUT2D eigenvalue weighted by molar-refractivity contribution is 0.174. The minimum atomic E-state index is -0.426. The van der Waals surface area contributed by atoms with E-state index in [-0.39, 0.29) is 19.0 Å². The summed E-state index contributed by atoms with van der Waals surface area (Å²) in [4.78, 5) is 18.3. The number of hydrogen-bond donors (Lipinski definition) is 0. The van der Waals surface area contributed by atoms with Gasteiger partial charge in [0.25, 0.3) is 5.56 Å². The molecule has 0 saturated heterocycles. The lowest BCUT2D eigenvalue weighted by Crippen LogP contribution is -2.29. The molecule has 5 rings (SSSR count). The number of rotatable bonds is 6. The van der Waals surface area contributed by atoms with Crippen LogP contribution in [0.3, 0.4) is 0 Å². The Morgan fingerprint density at radius 2 is 1.92 bits per heavy atom. The van der Waals surface area contributed by atoms with E-state index in [0.717, 1.165) is 10.0 Å². The summed E-state index contributed by atoms with van der Waals surface area (Å²) in [6.07, 6.45) is 1.60. The quantitative estimate of drug-likeness (QED) is 0.282. The number of fused-ring (bicyclic) bond motifs is 2. The molecular weight excluding hydrogens is 538 g/mol. The fourth-order valence-corrected chi connectivity index (χ4v) is 4.36. The van der Waals surface area contributed by atoms with Crippen molar-refractivity contribution in [3.8, 4) is 23.0 Å². The van der Waals surface area contributed by atoms with Gasteiger partial charge in [-0.05, 0) is 48.0 Å². The maximum Gasteiger partial charge on any atom is 0.282 e. The first-order valence-corrected chi connectivity index (χ1v) is 12.5. The summed E-state index contributed by atoms with van der Waals surface area (Å²) in [7, 11) is 1.58. The largest absolute Gasteiger partial charge is 0.493 e. The van der Waals surface area contributed by atoms with E-state index in [9.17, 15) is 4.79 Å². The number of methoxy groups -OCH3 is 1. The van der Waals surface area contributed by atoms with Crippen molar-refractivity contribution in [2.24, 2.45) is 5.10 Å². The van der Waals surface area contributed by atoms with Crippen LogP contribution < -0.4 is 24.5 Å². The highest BCUT2D eigenvalue weighted by Gasteiger charge is 2.23. The van der Waals surface area contributed by atoms with Gasteiger partial charge in [-0.2, -0.15) is 9.78 Å². The molecule has 1 aromatic heterocycles. The van der Waals surface area contributed by atoms with Crippen molar-refractivity contribution in [1.82, 2.24) is 9.66 Å². The third-order valence-electron chi connectivity index (χ3n) is 5.84. The molecule has 0 N–H and O–H groups in total. The summed E-state index contributed by atoms with van der Waals surface area (Å²) >= 11 is 3.44. The van der Waals surface area contributed by atoms with Gasteiger partial charge in [0.05, 0.1) is 24.2 Å². The molecule has 0 spiro atoms. The predicted octanol–water partition coefficient (Wildman–Crippen LogP) is 5.66. The van der Waals surface area contributed by atoms with E-state index in [1.165, 1.54) is 4.68 Å². The normalized spacial score (nSPS) is 12.9. The maximum absolute atomic E-state index is 13.5. The van der Waals surface area contributed by atoms with Crippen molar-refractivity contribution in [3.05, 3.63) is 86.4 Å². The van der Waals surface area contributed by atoms with Crippen LogP contribution in [0, 0.1) is 0 Å². The highest BCUT2D eigenvalue weighted by molar-refractivity contribution is 9.10. The van der Waals surface area contributed by atoms with Gasteiger partial charge in [-0.25, -0.2) is 4.98 Å². The average molecular weight is 564 g/mol. The fraction of sp³-hybridized carbons (Fsp3) is 0.250. The molecule has 0 saturated carbocycles. The van der Waals surface area contributed by atoms with Gasteiger partial charge in [0, 0.05) is 15.5 Å². The molecule has 0 bridgehead atoms. The Labute approximate surface area is 222 Å². The van der Waals surface area contributed by atoms with E-state index in [1.54, 1.807) is 19.4 Å². The highest BCUT2D eigenvalue weighted by Crippen LogP contribution is 2.34. The Bertz CT molecular complexity index is 1570. The zero-order valence-electron chi connectivity index (χ0n) is 20.9. The van der Waals surface area contributed by atoms with Crippen LogP contribution in [-0.2, 0) is 12.0 Å². The summed E-state index contributed by atoms with van der Waals surface area (Å²) in [5.41, 5.74) is 1.51. The number of benzene rings is 3. The smallest absolute Gasteiger partial charge is 0.282 e. The standard InChI is InChI=1S/C28H26BrN3O5/c1-28(2,3)27-31-21-10-9-19(29)13-20(21)26(33)32(27)30-14-18-6-5-7-23(34-4)25(18)35-15-17-8-11-22-24(12-17)37-16-36-22/h5-14H,15-16H2,1-4H3. The number of ether oxygens (including phenoxy) is 4. The van der Waals surface area contributed by atoms with Gasteiger partial charge in [0.1, 0.15) is 12.4 Å². The Morgan fingerprint density at radius 1 is 1.11 bits per heavy atom. The predicted molar refractivity (Wildman–Crippen MR) is 145 cm³/mol. The van der Waals surface area contributed by atoms with Gasteiger partial charge in [0.2, 0.25) is 6.79 Å². The first kappa shape index (κ1) is 24.8. The zero-order valence-corrected chi connectivity index (χ0v) is 22.5. The van der Waals surface area contributed by atoms with Crippen LogP contribution in [0.5, 0.6) is 23.0 Å². The van der Waals surface area contributed by atoms with Gasteiger partial charge in [-0.1, -0.05) is 48.8 Å². The van der Waals surface area contributed by atoms with E-state index in [0.29, 0.717) is 45.3 Å². The Balaban J connectivity index is 1.53. The minimum Gasteiger partial charge on any atom is -0.493 e. The molecule has 190 valence electrons. The lowest BCUT2D eigenvalue weighted by Gasteiger charge is -2.21. The Kier molecular flexibility index (Phi) is 6.64. The summed E-state index contributed by atoms with van der Waals surface area (Å²) < 4.78 is 24.8. The van der Waals surface area contributed by atoms with Gasteiger partial charge in [-0.15, -0.1) is 0 Å². The summed E-state index contributed by atoms with van der Waals surface area (Å²) in [6, 6.07) is 16.6. The zero-order chi connectivity index (χ0) is 26.2. The first-order valence-electron chi connectivity index (χ1n) is 11.7. The second-order valence-corrected chi connectivity index (χ2v) is 10.5. The van der Waals surface area contributed by atoms with Gasteiger partial charge in [-0.3, -0.25) is 4.79 Å². The summed E-state index contributed by atoms with van der Waals surface area (Å²) in [5, 5.41) is 5.07. The van der Waals surface area contributed by atoms with Crippen molar-refractivity contribution in [3.63, 3.8) is 0 Å². The summed E-state index contributed by atoms with van der Waals surface area (Å²) in [6.45, 7) is 6.48. The van der Waals surface area contributed by atoms with E-state index in [2.05, 4.69) is 21.0 Å². The van der Waals surface area contributed by atoms with Crippen LogP contribution in [0.4, 0.5) is 0 Å². The molecule has 0 atom stereocenters. The number of nitrogens with zero attached hydrogens (tertiary/aromatic N) is 3. The van der Waals surface area contributed by atoms with Crippen LogP contribution >= 0.6 is 15.9 Å². The van der Waals surface area contributed by atoms with Crippen LogP contribution in [0.2, 0.25) is 0 Å². The van der Waals surface area contributed by atoms with E-state index in [1.807, 2.05) is 69.3 Å². The maximum atomic E-state index is 13.5. The average Bonchev–Trinajstić information content (AvgIpc) is 3.34. The van der Waals surface area contributed by atoms with Crippen LogP contribution in [-0.4, -0.2) is 29.8 Å². The third-order valence-corrected chi connectivity index (χ3v) is 6.33. The number of halogens is 1. The Morgan fingerprint density at radius 3 is 2.70 bits per heavy atom. The third kappa shape index (κ3) is 5.04. The molecule has 0 radical (unpaired) electrons. The molecular formula is C28H26BrN3O5. The molecule has 0 fully saturated rings. The Hall–Kier alpha value is -3.85. The van der Waals surface area contributed by atoms with Crippen LogP contribution in [0.25, 0.3) is 10.9 Å². The van der Waals surface area contributed by atoms with E-state index < -0.39 is 5.41 Å². The van der Waals surface area contributed by atoms with Crippen LogP contribution in [0.15, 0.2) is 69.0 Å². The van der Waals surface area contributed by atoms with Crippen molar-refractivity contribution in [2.45, 2.75) is 32.8 Å². The van der Waals surface area contributed by atoms with E-state index >= 15 is 0 Å². The topological polar surface area (TPSA) is 84.2 Å². The molecule has 0 unspecified atom stereocenters. The second-order valence-electron chi connectivity index (χ2n) is 9.56. The minimum absolute atomic E-state index is 0.212. The number of aromatic nitrogens is 2. The first-order chi connectivity index (χ1) is 17.7.